The van der Waals surface area contributed by atoms with Gasteiger partial charge in [0.1, 0.15) is 5.75 Å². The van der Waals surface area contributed by atoms with Gasteiger partial charge in [0.25, 0.3) is 0 Å². The van der Waals surface area contributed by atoms with Crippen LogP contribution in [0.5, 0.6) is 5.75 Å². The summed E-state index contributed by atoms with van der Waals surface area (Å²) in [6.07, 6.45) is -0.897. The molecular weight excluding hydrogens is 304 g/mol. The van der Waals surface area contributed by atoms with E-state index in [0.29, 0.717) is 11.6 Å². The van der Waals surface area contributed by atoms with E-state index in [0.717, 1.165) is 5.56 Å². The van der Waals surface area contributed by atoms with Crippen molar-refractivity contribution in [2.75, 3.05) is 5.32 Å². The van der Waals surface area contributed by atoms with Crippen LogP contribution in [-0.4, -0.2) is 16.2 Å². The minimum atomic E-state index is -0.897. The number of hydrogen-bond donors (Lipinski definition) is 4. The fourth-order valence-electron chi connectivity index (χ4n) is 1.98. The van der Waals surface area contributed by atoms with E-state index in [9.17, 15) is 15.0 Å². The molecule has 0 heterocycles. The average Bonchev–Trinajstić information content (AvgIpc) is 2.49. The highest BCUT2D eigenvalue weighted by molar-refractivity contribution is 6.31. The zero-order chi connectivity index (χ0) is 16.1. The van der Waals surface area contributed by atoms with Gasteiger partial charge in [-0.3, -0.25) is 0 Å². The van der Waals surface area contributed by atoms with Crippen molar-refractivity contribution in [3.8, 4) is 5.75 Å². The summed E-state index contributed by atoms with van der Waals surface area (Å²) in [4.78, 5) is 11.9. The normalized spacial score (nSPS) is 11.8. The lowest BCUT2D eigenvalue weighted by atomic mass is 10.1. The fraction of sp³-hybridized carbons (Fsp3) is 0.188. The molecule has 1 atom stereocenters. The second-order valence-electron chi connectivity index (χ2n) is 4.86. The van der Waals surface area contributed by atoms with Crippen molar-refractivity contribution in [2.45, 2.75) is 19.6 Å². The summed E-state index contributed by atoms with van der Waals surface area (Å²) in [6.45, 7) is 1.86. The van der Waals surface area contributed by atoms with Crippen molar-refractivity contribution in [3.63, 3.8) is 0 Å². The van der Waals surface area contributed by atoms with Gasteiger partial charge in [0.15, 0.2) is 0 Å². The Bertz CT molecular complexity index is 660. The molecule has 0 saturated heterocycles. The van der Waals surface area contributed by atoms with Crippen molar-refractivity contribution < 1.29 is 15.0 Å². The maximum Gasteiger partial charge on any atom is 0.319 e. The van der Waals surface area contributed by atoms with Gasteiger partial charge in [-0.25, -0.2) is 4.79 Å². The molecule has 0 saturated carbocycles. The van der Waals surface area contributed by atoms with E-state index in [1.807, 2.05) is 30.3 Å². The lowest BCUT2D eigenvalue weighted by Gasteiger charge is -2.14. The number of carbonyl (C=O) groups is 1. The highest BCUT2D eigenvalue weighted by atomic mass is 35.5. The number of phenolic OH excluding ortho intramolecular Hbond substituents is 1. The molecule has 0 spiro atoms. The molecule has 0 radical (unpaired) electrons. The number of aliphatic hydroxyl groups excluding tert-OH is 1. The monoisotopic (exact) mass is 320 g/mol. The Morgan fingerprint density at radius 3 is 2.59 bits per heavy atom. The third-order valence-electron chi connectivity index (χ3n) is 3.10. The minimum absolute atomic E-state index is 0.147. The van der Waals surface area contributed by atoms with Gasteiger partial charge >= 0.3 is 6.03 Å². The first kappa shape index (κ1) is 16.1. The quantitative estimate of drug-likeness (QED) is 0.651. The van der Waals surface area contributed by atoms with Gasteiger partial charge < -0.3 is 20.8 Å². The largest absolute Gasteiger partial charge is 0.505 e. The molecule has 2 rings (SSSR count). The molecule has 1 unspecified atom stereocenters. The number of phenols is 1. The third kappa shape index (κ3) is 4.13. The zero-order valence-electron chi connectivity index (χ0n) is 12.0. The van der Waals surface area contributed by atoms with Crippen LogP contribution >= 0.6 is 11.6 Å². The molecule has 0 bridgehead atoms. The van der Waals surface area contributed by atoms with E-state index in [2.05, 4.69) is 10.6 Å². The van der Waals surface area contributed by atoms with Crippen LogP contribution in [0, 0.1) is 0 Å². The topological polar surface area (TPSA) is 81.6 Å². The summed E-state index contributed by atoms with van der Waals surface area (Å²) >= 11 is 5.93. The maximum atomic E-state index is 11.9. The Labute approximate surface area is 133 Å². The molecule has 0 aliphatic rings. The predicted molar refractivity (Wildman–Crippen MR) is 86.1 cm³/mol. The molecule has 22 heavy (non-hydrogen) atoms. The highest BCUT2D eigenvalue weighted by Gasteiger charge is 2.15. The van der Waals surface area contributed by atoms with Gasteiger partial charge in [-0.15, -0.1) is 0 Å². The number of aromatic hydroxyl groups is 1. The SMILES string of the molecule is CC(O)c1cc(Cl)cc(NC(=O)NCc2ccccc2)c1O. The number of rotatable bonds is 4. The number of nitrogens with one attached hydrogen (secondary N) is 2. The Kier molecular flexibility index (Phi) is 5.25. The second-order valence-corrected chi connectivity index (χ2v) is 5.30. The third-order valence-corrected chi connectivity index (χ3v) is 3.32. The van der Waals surface area contributed by atoms with Gasteiger partial charge in [0.05, 0.1) is 11.8 Å². The van der Waals surface area contributed by atoms with Crippen molar-refractivity contribution in [2.24, 2.45) is 0 Å². The van der Waals surface area contributed by atoms with Gasteiger partial charge in [-0.1, -0.05) is 41.9 Å². The Balaban J connectivity index is 2.05. The first-order valence-electron chi connectivity index (χ1n) is 6.76. The van der Waals surface area contributed by atoms with Crippen molar-refractivity contribution in [1.29, 1.82) is 0 Å². The van der Waals surface area contributed by atoms with Gasteiger partial charge in [-0.2, -0.15) is 0 Å². The molecular formula is C16H17ClN2O3. The Morgan fingerprint density at radius 1 is 1.27 bits per heavy atom. The number of aliphatic hydroxyl groups is 1. The van der Waals surface area contributed by atoms with E-state index in [1.54, 1.807) is 0 Å². The van der Waals surface area contributed by atoms with Gasteiger partial charge in [0.2, 0.25) is 0 Å². The number of anilines is 1. The number of hydrogen-bond acceptors (Lipinski definition) is 3. The second kappa shape index (κ2) is 7.15. The fourth-order valence-corrected chi connectivity index (χ4v) is 2.21. The molecule has 116 valence electrons. The van der Waals surface area contributed by atoms with Crippen LogP contribution < -0.4 is 10.6 Å². The van der Waals surface area contributed by atoms with E-state index in [1.165, 1.54) is 19.1 Å². The Morgan fingerprint density at radius 2 is 1.95 bits per heavy atom. The zero-order valence-corrected chi connectivity index (χ0v) is 12.8. The average molecular weight is 321 g/mol. The van der Waals surface area contributed by atoms with E-state index >= 15 is 0 Å². The molecule has 2 aromatic carbocycles. The molecule has 0 aromatic heterocycles. The van der Waals surface area contributed by atoms with Crippen LogP contribution in [0.1, 0.15) is 24.2 Å². The summed E-state index contributed by atoms with van der Waals surface area (Å²) in [5, 5.41) is 25.2. The number of benzene rings is 2. The first-order valence-corrected chi connectivity index (χ1v) is 7.14. The number of amides is 2. The van der Waals surface area contributed by atoms with Crippen LogP contribution in [0.25, 0.3) is 0 Å². The van der Waals surface area contributed by atoms with Crippen LogP contribution in [0.4, 0.5) is 10.5 Å². The molecule has 0 fully saturated rings. The van der Waals surface area contributed by atoms with Gasteiger partial charge in [0, 0.05) is 17.1 Å². The van der Waals surface area contributed by atoms with Crippen molar-refractivity contribution in [1.82, 2.24) is 5.32 Å². The van der Waals surface area contributed by atoms with E-state index in [-0.39, 0.29) is 17.0 Å². The lowest BCUT2D eigenvalue weighted by Crippen LogP contribution is -2.28. The molecule has 0 aliphatic carbocycles. The number of urea groups is 1. The highest BCUT2D eigenvalue weighted by Crippen LogP contribution is 2.35. The van der Waals surface area contributed by atoms with Crippen LogP contribution in [0.2, 0.25) is 5.02 Å². The minimum Gasteiger partial charge on any atom is -0.505 e. The number of halogens is 1. The molecule has 5 nitrogen and oxygen atoms in total. The molecule has 2 amide bonds. The predicted octanol–water partition coefficient (Wildman–Crippen LogP) is 3.42. The van der Waals surface area contributed by atoms with Crippen molar-refractivity contribution >= 4 is 23.3 Å². The van der Waals surface area contributed by atoms with Gasteiger partial charge in [-0.05, 0) is 24.6 Å². The van der Waals surface area contributed by atoms with Crippen LogP contribution in [0.15, 0.2) is 42.5 Å². The smallest absolute Gasteiger partial charge is 0.319 e. The van der Waals surface area contributed by atoms with Crippen molar-refractivity contribution in [3.05, 3.63) is 58.6 Å². The van der Waals surface area contributed by atoms with E-state index < -0.39 is 12.1 Å². The molecule has 4 N–H and O–H groups in total. The number of carbonyl (C=O) groups excluding carboxylic acids is 1. The van der Waals surface area contributed by atoms with Crippen LogP contribution in [-0.2, 0) is 6.54 Å². The summed E-state index contributed by atoms with van der Waals surface area (Å²) in [7, 11) is 0. The molecule has 0 aliphatic heterocycles. The summed E-state index contributed by atoms with van der Waals surface area (Å²) in [5.41, 5.74) is 1.36. The summed E-state index contributed by atoms with van der Waals surface area (Å²) < 4.78 is 0. The maximum absolute atomic E-state index is 11.9. The Hall–Kier alpha value is -2.24. The van der Waals surface area contributed by atoms with E-state index in [4.69, 9.17) is 11.6 Å². The summed E-state index contributed by atoms with van der Waals surface area (Å²) in [6, 6.07) is 11.8. The summed E-state index contributed by atoms with van der Waals surface area (Å²) in [5.74, 6) is -0.200. The molecule has 2 aromatic rings. The standard InChI is InChI=1S/C16H17ClN2O3/c1-10(20)13-7-12(17)8-14(15(13)21)19-16(22)18-9-11-5-3-2-4-6-11/h2-8,10,20-21H,9H2,1H3,(H2,18,19,22). The molecule has 6 heteroatoms. The first-order chi connectivity index (χ1) is 10.5. The lowest BCUT2D eigenvalue weighted by molar-refractivity contribution is 0.195. The van der Waals surface area contributed by atoms with Crippen LogP contribution in [0.3, 0.4) is 0 Å².